The van der Waals surface area contributed by atoms with Crippen LogP contribution in [-0.2, 0) is 9.53 Å². The molecule has 0 aromatic heterocycles. The van der Waals surface area contributed by atoms with Crippen LogP contribution in [0.2, 0.25) is 0 Å². The van der Waals surface area contributed by atoms with E-state index in [0.29, 0.717) is 12.5 Å². The Hall–Kier alpha value is -0.610. The van der Waals surface area contributed by atoms with Crippen molar-refractivity contribution >= 4 is 5.91 Å². The highest BCUT2D eigenvalue weighted by atomic mass is 16.5. The predicted molar refractivity (Wildman–Crippen MR) is 73.3 cm³/mol. The Balaban J connectivity index is 2.35. The SMILES string of the molecule is CC(C)NC(C)(COCC1CCCCC1)C(N)=O. The lowest BCUT2D eigenvalue weighted by Gasteiger charge is -2.30. The second-order valence-electron chi connectivity index (χ2n) is 6.01. The maximum Gasteiger partial charge on any atom is 0.239 e. The van der Waals surface area contributed by atoms with Crippen LogP contribution in [0.5, 0.6) is 0 Å². The zero-order valence-corrected chi connectivity index (χ0v) is 12.0. The smallest absolute Gasteiger partial charge is 0.239 e. The summed E-state index contributed by atoms with van der Waals surface area (Å²) >= 11 is 0. The quantitative estimate of drug-likeness (QED) is 0.730. The molecule has 0 aromatic rings. The largest absolute Gasteiger partial charge is 0.379 e. The van der Waals surface area contributed by atoms with Gasteiger partial charge in [-0.2, -0.15) is 0 Å². The van der Waals surface area contributed by atoms with Gasteiger partial charge < -0.3 is 10.5 Å². The number of rotatable bonds is 7. The van der Waals surface area contributed by atoms with Gasteiger partial charge in [0.05, 0.1) is 6.61 Å². The first kappa shape index (κ1) is 15.4. The van der Waals surface area contributed by atoms with Crippen molar-refractivity contribution in [2.45, 2.75) is 64.5 Å². The molecule has 0 bridgehead atoms. The normalized spacial score (nSPS) is 20.9. The Morgan fingerprint density at radius 1 is 1.39 bits per heavy atom. The average molecular weight is 256 g/mol. The van der Waals surface area contributed by atoms with Crippen LogP contribution in [0.1, 0.15) is 52.9 Å². The lowest BCUT2D eigenvalue weighted by Crippen LogP contribution is -2.58. The van der Waals surface area contributed by atoms with Crippen molar-refractivity contribution in [2.75, 3.05) is 13.2 Å². The molecule has 1 fully saturated rings. The minimum absolute atomic E-state index is 0.209. The Kier molecular flexibility index (Phi) is 6.09. The standard InChI is InChI=1S/C14H28N2O2/c1-11(2)16-14(3,13(15)17)10-18-9-12-7-5-4-6-8-12/h11-12,16H,4-10H2,1-3H3,(H2,15,17). The lowest BCUT2D eigenvalue weighted by atomic mass is 9.90. The summed E-state index contributed by atoms with van der Waals surface area (Å²) in [6.07, 6.45) is 6.48. The van der Waals surface area contributed by atoms with E-state index in [0.717, 1.165) is 6.61 Å². The molecule has 18 heavy (non-hydrogen) atoms. The second kappa shape index (κ2) is 7.10. The van der Waals surface area contributed by atoms with Crippen molar-refractivity contribution in [3.05, 3.63) is 0 Å². The third-order valence-corrected chi connectivity index (χ3v) is 3.62. The summed E-state index contributed by atoms with van der Waals surface area (Å²) in [5.74, 6) is 0.315. The molecule has 0 aliphatic heterocycles. The van der Waals surface area contributed by atoms with Crippen molar-refractivity contribution in [3.8, 4) is 0 Å². The maximum atomic E-state index is 11.5. The first-order valence-corrected chi connectivity index (χ1v) is 7.09. The fourth-order valence-corrected chi connectivity index (χ4v) is 2.60. The number of ether oxygens (including phenoxy) is 1. The van der Waals surface area contributed by atoms with Crippen molar-refractivity contribution in [2.24, 2.45) is 11.7 Å². The van der Waals surface area contributed by atoms with Gasteiger partial charge in [-0.05, 0) is 39.5 Å². The molecule has 4 nitrogen and oxygen atoms in total. The number of amides is 1. The van der Waals surface area contributed by atoms with Crippen LogP contribution in [-0.4, -0.2) is 30.7 Å². The highest BCUT2D eigenvalue weighted by molar-refractivity contribution is 5.84. The minimum atomic E-state index is -0.761. The van der Waals surface area contributed by atoms with Gasteiger partial charge >= 0.3 is 0 Å². The van der Waals surface area contributed by atoms with Gasteiger partial charge in [-0.15, -0.1) is 0 Å². The Bertz CT molecular complexity index is 263. The highest BCUT2D eigenvalue weighted by Gasteiger charge is 2.32. The van der Waals surface area contributed by atoms with Gasteiger partial charge in [0.15, 0.2) is 0 Å². The fourth-order valence-electron chi connectivity index (χ4n) is 2.60. The second-order valence-corrected chi connectivity index (χ2v) is 6.01. The summed E-state index contributed by atoms with van der Waals surface area (Å²) in [5.41, 5.74) is 4.70. The van der Waals surface area contributed by atoms with Crippen LogP contribution >= 0.6 is 0 Å². The van der Waals surface area contributed by atoms with Crippen molar-refractivity contribution < 1.29 is 9.53 Å². The molecule has 0 radical (unpaired) electrons. The molecule has 1 unspecified atom stereocenters. The van der Waals surface area contributed by atoms with E-state index in [1.165, 1.54) is 32.1 Å². The number of carbonyl (C=O) groups is 1. The summed E-state index contributed by atoms with van der Waals surface area (Å²) in [5, 5.41) is 3.19. The molecule has 1 rings (SSSR count). The molecule has 0 aromatic carbocycles. The molecule has 1 aliphatic rings. The first-order chi connectivity index (χ1) is 8.44. The Labute approximate surface area is 111 Å². The first-order valence-electron chi connectivity index (χ1n) is 7.09. The van der Waals surface area contributed by atoms with Crippen molar-refractivity contribution in [3.63, 3.8) is 0 Å². The van der Waals surface area contributed by atoms with Crippen LogP contribution in [0.4, 0.5) is 0 Å². The molecule has 0 saturated heterocycles. The van der Waals surface area contributed by atoms with E-state index in [1.807, 2.05) is 20.8 Å². The van der Waals surface area contributed by atoms with Crippen LogP contribution in [0, 0.1) is 5.92 Å². The molecule has 3 N–H and O–H groups in total. The number of primary amides is 1. The van der Waals surface area contributed by atoms with Gasteiger partial charge in [0.1, 0.15) is 5.54 Å². The number of nitrogens with one attached hydrogen (secondary N) is 1. The third-order valence-electron chi connectivity index (χ3n) is 3.62. The Morgan fingerprint density at radius 3 is 2.50 bits per heavy atom. The van der Waals surface area contributed by atoms with E-state index >= 15 is 0 Å². The van der Waals surface area contributed by atoms with Gasteiger partial charge in [0, 0.05) is 12.6 Å². The molecule has 1 atom stereocenters. The third kappa shape index (κ3) is 4.94. The van der Waals surface area contributed by atoms with E-state index in [4.69, 9.17) is 10.5 Å². The molecule has 106 valence electrons. The topological polar surface area (TPSA) is 64.3 Å². The summed E-state index contributed by atoms with van der Waals surface area (Å²) in [4.78, 5) is 11.5. The van der Waals surface area contributed by atoms with Crippen molar-refractivity contribution in [1.29, 1.82) is 0 Å². The summed E-state index contributed by atoms with van der Waals surface area (Å²) in [6, 6.07) is 0.209. The average Bonchev–Trinajstić information content (AvgIpc) is 2.29. The van der Waals surface area contributed by atoms with Crippen LogP contribution in [0.25, 0.3) is 0 Å². The van der Waals surface area contributed by atoms with Gasteiger partial charge in [-0.25, -0.2) is 0 Å². The number of hydrogen-bond donors (Lipinski definition) is 2. The summed E-state index contributed by atoms with van der Waals surface area (Å²) in [7, 11) is 0. The van der Waals surface area contributed by atoms with E-state index in [9.17, 15) is 4.79 Å². The molecule has 0 heterocycles. The highest BCUT2D eigenvalue weighted by Crippen LogP contribution is 2.24. The van der Waals surface area contributed by atoms with Crippen molar-refractivity contribution in [1.82, 2.24) is 5.32 Å². The zero-order chi connectivity index (χ0) is 13.6. The van der Waals surface area contributed by atoms with Gasteiger partial charge in [-0.3, -0.25) is 10.1 Å². The maximum absolute atomic E-state index is 11.5. The molecule has 1 saturated carbocycles. The summed E-state index contributed by atoms with van der Waals surface area (Å²) in [6.45, 7) is 6.93. The molecule has 1 aliphatic carbocycles. The Morgan fingerprint density at radius 2 is 2.00 bits per heavy atom. The molecular formula is C14H28N2O2. The molecular weight excluding hydrogens is 228 g/mol. The predicted octanol–water partition coefficient (Wildman–Crippen LogP) is 1.83. The van der Waals surface area contributed by atoms with Crippen LogP contribution in [0.15, 0.2) is 0 Å². The van der Waals surface area contributed by atoms with E-state index < -0.39 is 5.54 Å². The minimum Gasteiger partial charge on any atom is -0.379 e. The van der Waals surface area contributed by atoms with Gasteiger partial charge in [-0.1, -0.05) is 19.3 Å². The van der Waals surface area contributed by atoms with Crippen LogP contribution < -0.4 is 11.1 Å². The van der Waals surface area contributed by atoms with Gasteiger partial charge in [0.25, 0.3) is 0 Å². The van der Waals surface area contributed by atoms with Crippen LogP contribution in [0.3, 0.4) is 0 Å². The zero-order valence-electron chi connectivity index (χ0n) is 12.0. The van der Waals surface area contributed by atoms with E-state index in [1.54, 1.807) is 0 Å². The van der Waals surface area contributed by atoms with E-state index in [2.05, 4.69) is 5.32 Å². The number of carbonyl (C=O) groups excluding carboxylic acids is 1. The summed E-state index contributed by atoms with van der Waals surface area (Å²) < 4.78 is 5.74. The number of hydrogen-bond acceptors (Lipinski definition) is 3. The number of nitrogens with two attached hydrogens (primary N) is 1. The molecule has 1 amide bonds. The lowest BCUT2D eigenvalue weighted by molar-refractivity contribution is -0.127. The fraction of sp³-hybridized carbons (Fsp3) is 0.929. The van der Waals surface area contributed by atoms with E-state index in [-0.39, 0.29) is 11.9 Å². The molecule has 0 spiro atoms. The molecule has 4 heteroatoms. The monoisotopic (exact) mass is 256 g/mol. The van der Waals surface area contributed by atoms with Gasteiger partial charge in [0.2, 0.25) is 5.91 Å².